The molecule has 130 valence electrons. The van der Waals surface area contributed by atoms with E-state index in [4.69, 9.17) is 4.74 Å². The van der Waals surface area contributed by atoms with Crippen molar-refractivity contribution in [3.8, 4) is 5.75 Å². The molecule has 0 spiro atoms. The molecule has 0 radical (unpaired) electrons. The predicted octanol–water partition coefficient (Wildman–Crippen LogP) is 1.63. The lowest BCUT2D eigenvalue weighted by Gasteiger charge is -2.35. The number of halogens is 3. The van der Waals surface area contributed by atoms with Crippen molar-refractivity contribution in [2.24, 2.45) is 0 Å². The Morgan fingerprint density at radius 3 is 2.70 bits per heavy atom. The fourth-order valence-corrected chi connectivity index (χ4v) is 3.41. The van der Waals surface area contributed by atoms with Crippen molar-refractivity contribution in [1.82, 2.24) is 15.5 Å². The summed E-state index contributed by atoms with van der Waals surface area (Å²) in [6, 6.07) is 0.0116. The van der Waals surface area contributed by atoms with Gasteiger partial charge in [0.25, 0.3) is 5.91 Å². The van der Waals surface area contributed by atoms with Crippen LogP contribution in [0.2, 0.25) is 0 Å². The molecule has 1 aromatic rings. The van der Waals surface area contributed by atoms with Gasteiger partial charge in [0.2, 0.25) is 0 Å². The molecule has 2 heterocycles. The molecular weight excluding hydrogens is 331 g/mol. The molecule has 0 aliphatic carbocycles. The lowest BCUT2D eigenvalue weighted by atomic mass is 10.2. The summed E-state index contributed by atoms with van der Waals surface area (Å²) in [6.45, 7) is 2.98. The Morgan fingerprint density at radius 2 is 2.13 bits per heavy atom. The van der Waals surface area contributed by atoms with Crippen LogP contribution >= 0.6 is 11.3 Å². The molecule has 23 heavy (non-hydrogen) atoms. The molecule has 0 aromatic carbocycles. The first-order chi connectivity index (χ1) is 10.8. The molecule has 9 heteroatoms. The number of hydrogen-bond acceptors (Lipinski definition) is 5. The highest BCUT2D eigenvalue weighted by Crippen LogP contribution is 2.29. The molecule has 5 nitrogen and oxygen atoms in total. The number of alkyl halides is 3. The standard InChI is InChI=1S/C14H20F3N3O2S/c1-9-7-10(22-2)12(23-9)13(21)19-8-11(14(15,16)17)20-5-3-18-4-6-20/h7,11,18H,3-6,8H2,1-2H3,(H,19,21). The normalized spacial score (nSPS) is 17.8. The first-order valence-corrected chi connectivity index (χ1v) is 8.08. The van der Waals surface area contributed by atoms with E-state index >= 15 is 0 Å². The van der Waals surface area contributed by atoms with E-state index in [1.807, 2.05) is 6.92 Å². The number of nitrogens with zero attached hydrogens (tertiary/aromatic N) is 1. The first kappa shape index (κ1) is 18.0. The van der Waals surface area contributed by atoms with Crippen LogP contribution in [0.5, 0.6) is 5.75 Å². The number of rotatable bonds is 5. The maximum Gasteiger partial charge on any atom is 0.405 e. The maximum absolute atomic E-state index is 13.3. The van der Waals surface area contributed by atoms with E-state index in [-0.39, 0.29) is 0 Å². The molecule has 1 amide bonds. The summed E-state index contributed by atoms with van der Waals surface area (Å²) in [5, 5.41) is 5.42. The van der Waals surface area contributed by atoms with Gasteiger partial charge >= 0.3 is 6.18 Å². The van der Waals surface area contributed by atoms with Crippen LogP contribution in [0.4, 0.5) is 13.2 Å². The van der Waals surface area contributed by atoms with Crippen molar-refractivity contribution in [2.75, 3.05) is 39.8 Å². The van der Waals surface area contributed by atoms with Crippen molar-refractivity contribution in [3.63, 3.8) is 0 Å². The minimum absolute atomic E-state index is 0.297. The van der Waals surface area contributed by atoms with E-state index in [2.05, 4.69) is 10.6 Å². The van der Waals surface area contributed by atoms with E-state index < -0.39 is 24.7 Å². The van der Waals surface area contributed by atoms with E-state index in [1.165, 1.54) is 23.3 Å². The summed E-state index contributed by atoms with van der Waals surface area (Å²) in [5.41, 5.74) is 0. The van der Waals surface area contributed by atoms with Gasteiger partial charge in [0.1, 0.15) is 16.7 Å². The Hall–Kier alpha value is -1.32. The SMILES string of the molecule is COc1cc(C)sc1C(=O)NCC(N1CCNCC1)C(F)(F)F. The van der Waals surface area contributed by atoms with Crippen LogP contribution in [0, 0.1) is 6.92 Å². The second-order valence-corrected chi connectivity index (χ2v) is 6.56. The molecule has 1 aromatic heterocycles. The van der Waals surface area contributed by atoms with Crippen molar-refractivity contribution in [2.45, 2.75) is 19.1 Å². The Balaban J connectivity index is 2.04. The fraction of sp³-hybridized carbons (Fsp3) is 0.643. The number of hydrogen-bond donors (Lipinski definition) is 2. The number of methoxy groups -OCH3 is 1. The topological polar surface area (TPSA) is 53.6 Å². The molecule has 2 rings (SSSR count). The van der Waals surface area contributed by atoms with Gasteiger partial charge in [0, 0.05) is 37.6 Å². The summed E-state index contributed by atoms with van der Waals surface area (Å²) in [7, 11) is 1.43. The van der Waals surface area contributed by atoms with Crippen molar-refractivity contribution < 1.29 is 22.7 Å². The molecule has 1 fully saturated rings. The minimum atomic E-state index is -4.39. The Kier molecular flexibility index (Phi) is 5.88. The van der Waals surface area contributed by atoms with Gasteiger partial charge in [0.05, 0.1) is 7.11 Å². The van der Waals surface area contributed by atoms with Crippen molar-refractivity contribution in [1.29, 1.82) is 0 Å². The first-order valence-electron chi connectivity index (χ1n) is 7.27. The third-order valence-corrected chi connectivity index (χ3v) is 4.70. The molecule has 0 bridgehead atoms. The monoisotopic (exact) mass is 351 g/mol. The van der Waals surface area contributed by atoms with E-state index in [9.17, 15) is 18.0 Å². The molecule has 2 N–H and O–H groups in total. The van der Waals surface area contributed by atoms with Gasteiger partial charge in [-0.2, -0.15) is 13.2 Å². The summed E-state index contributed by atoms with van der Waals surface area (Å²) in [5.74, 6) is -0.153. The second-order valence-electron chi connectivity index (χ2n) is 5.31. The fourth-order valence-electron chi connectivity index (χ4n) is 2.52. The average Bonchev–Trinajstić information content (AvgIpc) is 2.88. The maximum atomic E-state index is 13.3. The molecule has 1 aliphatic heterocycles. The van der Waals surface area contributed by atoms with E-state index in [1.54, 1.807) is 6.07 Å². The lowest BCUT2D eigenvalue weighted by Crippen LogP contribution is -2.57. The minimum Gasteiger partial charge on any atom is -0.495 e. The Morgan fingerprint density at radius 1 is 1.48 bits per heavy atom. The van der Waals surface area contributed by atoms with Gasteiger partial charge < -0.3 is 15.4 Å². The number of aryl methyl sites for hydroxylation is 1. The number of piperazine rings is 1. The van der Waals surface area contributed by atoms with Crippen LogP contribution < -0.4 is 15.4 Å². The number of carbonyl (C=O) groups excluding carboxylic acids is 1. The van der Waals surface area contributed by atoms with Crippen LogP contribution in [0.25, 0.3) is 0 Å². The van der Waals surface area contributed by atoms with E-state index in [0.29, 0.717) is 36.8 Å². The van der Waals surface area contributed by atoms with Gasteiger partial charge in [-0.15, -0.1) is 11.3 Å². The van der Waals surface area contributed by atoms with Crippen LogP contribution in [0.3, 0.4) is 0 Å². The third kappa shape index (κ3) is 4.58. The smallest absolute Gasteiger partial charge is 0.405 e. The average molecular weight is 351 g/mol. The van der Waals surface area contributed by atoms with Crippen molar-refractivity contribution in [3.05, 3.63) is 15.8 Å². The summed E-state index contributed by atoms with van der Waals surface area (Å²) in [4.78, 5) is 14.7. The van der Waals surface area contributed by atoms with Gasteiger partial charge in [0.15, 0.2) is 0 Å². The summed E-state index contributed by atoms with van der Waals surface area (Å²) >= 11 is 1.20. The van der Waals surface area contributed by atoms with Crippen LogP contribution in [-0.2, 0) is 0 Å². The van der Waals surface area contributed by atoms with Crippen LogP contribution in [0.1, 0.15) is 14.5 Å². The zero-order chi connectivity index (χ0) is 17.0. The Bertz CT molecular complexity index is 542. The van der Waals surface area contributed by atoms with Gasteiger partial charge in [-0.25, -0.2) is 0 Å². The zero-order valence-corrected chi connectivity index (χ0v) is 13.8. The Labute approximate surface area is 136 Å². The van der Waals surface area contributed by atoms with Gasteiger partial charge in [-0.3, -0.25) is 9.69 Å². The molecule has 1 unspecified atom stereocenters. The quantitative estimate of drug-likeness (QED) is 0.847. The highest BCUT2D eigenvalue weighted by molar-refractivity contribution is 7.14. The van der Waals surface area contributed by atoms with Crippen molar-refractivity contribution >= 4 is 17.2 Å². The van der Waals surface area contributed by atoms with Crippen LogP contribution in [-0.4, -0.2) is 62.9 Å². The highest BCUT2D eigenvalue weighted by Gasteiger charge is 2.43. The number of nitrogens with one attached hydrogen (secondary N) is 2. The van der Waals surface area contributed by atoms with Crippen LogP contribution in [0.15, 0.2) is 6.07 Å². The summed E-state index contributed by atoms with van der Waals surface area (Å²) < 4.78 is 44.9. The molecule has 1 atom stereocenters. The molecular formula is C14H20F3N3O2S. The predicted molar refractivity (Wildman–Crippen MR) is 82.2 cm³/mol. The van der Waals surface area contributed by atoms with Gasteiger partial charge in [-0.05, 0) is 13.0 Å². The zero-order valence-electron chi connectivity index (χ0n) is 13.0. The highest BCUT2D eigenvalue weighted by atomic mass is 32.1. The second kappa shape index (κ2) is 7.50. The molecule has 1 aliphatic rings. The van der Waals surface area contributed by atoms with Gasteiger partial charge in [-0.1, -0.05) is 0 Å². The number of carbonyl (C=O) groups is 1. The number of thiophene rings is 1. The largest absolute Gasteiger partial charge is 0.495 e. The third-order valence-electron chi connectivity index (χ3n) is 3.67. The van der Waals surface area contributed by atoms with E-state index in [0.717, 1.165) is 4.88 Å². The number of amides is 1. The summed E-state index contributed by atoms with van der Waals surface area (Å²) in [6.07, 6.45) is -4.39. The lowest BCUT2D eigenvalue weighted by molar-refractivity contribution is -0.183. The molecule has 1 saturated heterocycles. The molecule has 0 saturated carbocycles. The number of ether oxygens (including phenoxy) is 1.